The quantitative estimate of drug-likeness (QED) is 0.389. The predicted molar refractivity (Wildman–Crippen MR) is 106 cm³/mol. The van der Waals surface area contributed by atoms with Crippen molar-refractivity contribution in [1.29, 1.82) is 0 Å². The standard InChI is InChI=1S/C19H26BrN5O/c1-3-21-18(22-12-6-9-17-24-14(2)25-26-17)23-13-19(10-11-19)15-7-4-5-8-16(15)20/h4-5,7-8H,3,6,9-13H2,1-2H3,(H2,21,22,23). The van der Waals surface area contributed by atoms with Crippen LogP contribution >= 0.6 is 15.9 Å². The van der Waals surface area contributed by atoms with E-state index in [0.29, 0.717) is 11.7 Å². The molecule has 2 aromatic rings. The van der Waals surface area contributed by atoms with Crippen molar-refractivity contribution in [2.45, 2.75) is 44.9 Å². The molecule has 6 nitrogen and oxygen atoms in total. The number of aromatic nitrogens is 2. The molecule has 0 saturated heterocycles. The molecule has 0 spiro atoms. The van der Waals surface area contributed by atoms with Crippen LogP contribution in [0, 0.1) is 6.92 Å². The Morgan fingerprint density at radius 3 is 2.77 bits per heavy atom. The van der Waals surface area contributed by atoms with Crippen LogP contribution in [0.5, 0.6) is 0 Å². The van der Waals surface area contributed by atoms with Crippen molar-refractivity contribution < 1.29 is 4.52 Å². The third-order valence-corrected chi connectivity index (χ3v) is 5.30. The normalized spacial score (nSPS) is 15.7. The molecule has 1 fully saturated rings. The molecule has 1 heterocycles. The van der Waals surface area contributed by atoms with Crippen LogP contribution in [-0.4, -0.2) is 35.7 Å². The molecule has 1 aromatic carbocycles. The van der Waals surface area contributed by atoms with E-state index in [1.165, 1.54) is 22.9 Å². The van der Waals surface area contributed by atoms with Crippen molar-refractivity contribution in [3.05, 3.63) is 46.0 Å². The van der Waals surface area contributed by atoms with Gasteiger partial charge in [-0.1, -0.05) is 39.3 Å². The van der Waals surface area contributed by atoms with Crippen LogP contribution in [0.15, 0.2) is 38.3 Å². The molecule has 1 aromatic heterocycles. The fourth-order valence-electron chi connectivity index (χ4n) is 3.01. The summed E-state index contributed by atoms with van der Waals surface area (Å²) in [5.41, 5.74) is 1.55. The van der Waals surface area contributed by atoms with E-state index in [2.05, 4.69) is 67.9 Å². The van der Waals surface area contributed by atoms with Gasteiger partial charge in [0.1, 0.15) is 0 Å². The lowest BCUT2D eigenvalue weighted by Crippen LogP contribution is -2.38. The van der Waals surface area contributed by atoms with E-state index in [4.69, 9.17) is 9.52 Å². The van der Waals surface area contributed by atoms with E-state index in [1.807, 2.05) is 6.92 Å². The topological polar surface area (TPSA) is 75.3 Å². The first-order valence-corrected chi connectivity index (χ1v) is 9.99. The van der Waals surface area contributed by atoms with Gasteiger partial charge in [0.2, 0.25) is 5.89 Å². The Kier molecular flexibility index (Phi) is 6.29. The molecule has 2 N–H and O–H groups in total. The SMILES string of the molecule is CCNC(=NCC1(c2ccccc2Br)CC1)NCCCc1nc(C)no1. The Bertz CT molecular complexity index is 754. The molecule has 0 bridgehead atoms. The number of aliphatic imine (C=N–C) groups is 1. The van der Waals surface area contributed by atoms with Crippen molar-refractivity contribution in [1.82, 2.24) is 20.8 Å². The van der Waals surface area contributed by atoms with Crippen LogP contribution in [0.1, 0.15) is 43.5 Å². The van der Waals surface area contributed by atoms with Gasteiger partial charge in [-0.15, -0.1) is 0 Å². The van der Waals surface area contributed by atoms with Crippen molar-refractivity contribution in [2.75, 3.05) is 19.6 Å². The first-order valence-electron chi connectivity index (χ1n) is 9.19. The molecule has 0 atom stereocenters. The number of rotatable bonds is 8. The van der Waals surface area contributed by atoms with E-state index in [1.54, 1.807) is 0 Å². The van der Waals surface area contributed by atoms with Gasteiger partial charge < -0.3 is 15.2 Å². The zero-order chi connectivity index (χ0) is 18.4. The first-order chi connectivity index (χ1) is 12.6. The zero-order valence-corrected chi connectivity index (χ0v) is 17.0. The highest BCUT2D eigenvalue weighted by molar-refractivity contribution is 9.10. The highest BCUT2D eigenvalue weighted by atomic mass is 79.9. The number of nitrogens with zero attached hydrogens (tertiary/aromatic N) is 3. The Balaban J connectivity index is 1.53. The second-order valence-electron chi connectivity index (χ2n) is 6.72. The van der Waals surface area contributed by atoms with Crippen molar-refractivity contribution in [3.8, 4) is 0 Å². The van der Waals surface area contributed by atoms with Crippen molar-refractivity contribution >= 4 is 21.9 Å². The lowest BCUT2D eigenvalue weighted by Gasteiger charge is -2.17. The summed E-state index contributed by atoms with van der Waals surface area (Å²) < 4.78 is 6.32. The average molecular weight is 420 g/mol. The van der Waals surface area contributed by atoms with Gasteiger partial charge in [-0.3, -0.25) is 4.99 Å². The van der Waals surface area contributed by atoms with Crippen LogP contribution in [-0.2, 0) is 11.8 Å². The number of nitrogens with one attached hydrogen (secondary N) is 2. The summed E-state index contributed by atoms with van der Waals surface area (Å²) in [5.74, 6) is 2.24. The summed E-state index contributed by atoms with van der Waals surface area (Å²) in [6.45, 7) is 6.37. The van der Waals surface area contributed by atoms with Gasteiger partial charge >= 0.3 is 0 Å². The summed E-state index contributed by atoms with van der Waals surface area (Å²) in [4.78, 5) is 9.06. The molecule has 1 aliphatic carbocycles. The van der Waals surface area contributed by atoms with Gasteiger partial charge in [0, 0.05) is 29.4 Å². The maximum atomic E-state index is 5.14. The highest BCUT2D eigenvalue weighted by Crippen LogP contribution is 2.50. The van der Waals surface area contributed by atoms with E-state index in [-0.39, 0.29) is 5.41 Å². The molecule has 1 aliphatic rings. The molecular weight excluding hydrogens is 394 g/mol. The highest BCUT2D eigenvalue weighted by Gasteiger charge is 2.45. The fourth-order valence-corrected chi connectivity index (χ4v) is 3.72. The summed E-state index contributed by atoms with van der Waals surface area (Å²) in [6, 6.07) is 8.48. The predicted octanol–water partition coefficient (Wildman–Crippen LogP) is 3.36. The number of guanidine groups is 1. The summed E-state index contributed by atoms with van der Waals surface area (Å²) in [6.07, 6.45) is 4.07. The van der Waals surface area contributed by atoms with Gasteiger partial charge in [-0.2, -0.15) is 4.98 Å². The number of halogens is 1. The molecule has 140 valence electrons. The van der Waals surface area contributed by atoms with Crippen LogP contribution < -0.4 is 10.6 Å². The Morgan fingerprint density at radius 1 is 1.31 bits per heavy atom. The van der Waals surface area contributed by atoms with Gasteiger partial charge in [0.15, 0.2) is 11.8 Å². The molecule has 26 heavy (non-hydrogen) atoms. The van der Waals surface area contributed by atoms with E-state index in [0.717, 1.165) is 38.4 Å². The smallest absolute Gasteiger partial charge is 0.226 e. The third kappa shape index (κ3) is 4.84. The van der Waals surface area contributed by atoms with Gasteiger partial charge in [0.25, 0.3) is 0 Å². The van der Waals surface area contributed by atoms with Crippen molar-refractivity contribution in [2.24, 2.45) is 4.99 Å². The number of hydrogen-bond acceptors (Lipinski definition) is 4. The summed E-state index contributed by atoms with van der Waals surface area (Å²) >= 11 is 3.69. The Hall–Kier alpha value is -1.89. The van der Waals surface area contributed by atoms with Crippen LogP contribution in [0.3, 0.4) is 0 Å². The lowest BCUT2D eigenvalue weighted by atomic mass is 9.96. The Morgan fingerprint density at radius 2 is 2.12 bits per heavy atom. The first kappa shape index (κ1) is 18.9. The fraction of sp³-hybridized carbons (Fsp3) is 0.526. The maximum absolute atomic E-state index is 5.14. The molecule has 3 rings (SSSR count). The minimum Gasteiger partial charge on any atom is -0.357 e. The number of benzene rings is 1. The van der Waals surface area contributed by atoms with Gasteiger partial charge in [-0.05, 0) is 44.7 Å². The second kappa shape index (κ2) is 8.66. The number of hydrogen-bond donors (Lipinski definition) is 2. The summed E-state index contributed by atoms with van der Waals surface area (Å²) in [7, 11) is 0. The van der Waals surface area contributed by atoms with E-state index in [9.17, 15) is 0 Å². The lowest BCUT2D eigenvalue weighted by molar-refractivity contribution is 0.372. The molecule has 1 saturated carbocycles. The largest absolute Gasteiger partial charge is 0.357 e. The van der Waals surface area contributed by atoms with Gasteiger partial charge in [0.05, 0.1) is 6.54 Å². The van der Waals surface area contributed by atoms with E-state index < -0.39 is 0 Å². The van der Waals surface area contributed by atoms with Gasteiger partial charge in [-0.25, -0.2) is 0 Å². The second-order valence-corrected chi connectivity index (χ2v) is 7.58. The molecule has 7 heteroatoms. The molecule has 0 aliphatic heterocycles. The average Bonchev–Trinajstić information content (AvgIpc) is 3.31. The Labute approximate surface area is 163 Å². The van der Waals surface area contributed by atoms with Crippen LogP contribution in [0.25, 0.3) is 0 Å². The van der Waals surface area contributed by atoms with Crippen molar-refractivity contribution in [3.63, 3.8) is 0 Å². The zero-order valence-electron chi connectivity index (χ0n) is 15.4. The van der Waals surface area contributed by atoms with E-state index >= 15 is 0 Å². The third-order valence-electron chi connectivity index (χ3n) is 4.61. The molecular formula is C19H26BrN5O. The maximum Gasteiger partial charge on any atom is 0.226 e. The van der Waals surface area contributed by atoms with Crippen LogP contribution in [0.4, 0.5) is 0 Å². The molecule has 0 unspecified atom stereocenters. The number of aryl methyl sites for hydroxylation is 2. The molecule has 0 radical (unpaired) electrons. The van der Waals surface area contributed by atoms with Crippen LogP contribution in [0.2, 0.25) is 0 Å². The monoisotopic (exact) mass is 419 g/mol. The molecule has 0 amide bonds. The minimum atomic E-state index is 0.184. The summed E-state index contributed by atoms with van der Waals surface area (Å²) in [5, 5.41) is 10.5. The minimum absolute atomic E-state index is 0.184.